The number of aryl methyl sites for hydroxylation is 1. The lowest BCUT2D eigenvalue weighted by atomic mass is 9.83. The van der Waals surface area contributed by atoms with Crippen LogP contribution in [0.15, 0.2) is 12.1 Å². The van der Waals surface area contributed by atoms with E-state index in [1.807, 2.05) is 13.8 Å². The number of aliphatic hydroxyl groups is 1. The molecule has 0 radical (unpaired) electrons. The van der Waals surface area contributed by atoms with Gasteiger partial charge in [0.15, 0.2) is 0 Å². The zero-order valence-electron chi connectivity index (χ0n) is 12.6. The summed E-state index contributed by atoms with van der Waals surface area (Å²) in [6, 6.07) is 3.13. The molecule has 116 valence electrons. The molecular formula is C16H23FN2O2. The number of anilines is 2. The van der Waals surface area contributed by atoms with Gasteiger partial charge < -0.3 is 15.7 Å². The van der Waals surface area contributed by atoms with Crippen molar-refractivity contribution in [3.05, 3.63) is 23.5 Å². The minimum Gasteiger partial charge on any atom is -0.396 e. The molecular weight excluding hydrogens is 271 g/mol. The van der Waals surface area contributed by atoms with Gasteiger partial charge in [0, 0.05) is 24.1 Å². The average molecular weight is 294 g/mol. The molecule has 0 spiro atoms. The number of nitrogens with one attached hydrogen (secondary N) is 2. The summed E-state index contributed by atoms with van der Waals surface area (Å²) < 4.78 is 14.1. The topological polar surface area (TPSA) is 61.4 Å². The molecule has 0 unspecified atom stereocenters. The van der Waals surface area contributed by atoms with E-state index in [-0.39, 0.29) is 23.7 Å². The smallest absolute Gasteiger partial charge is 0.224 e. The molecule has 0 bridgehead atoms. The van der Waals surface area contributed by atoms with Crippen molar-refractivity contribution in [1.82, 2.24) is 0 Å². The molecule has 1 aliphatic heterocycles. The Morgan fingerprint density at radius 1 is 1.33 bits per heavy atom. The minimum atomic E-state index is -0.316. The minimum absolute atomic E-state index is 0.0353. The fraction of sp³-hybridized carbons (Fsp3) is 0.562. The second kappa shape index (κ2) is 6.43. The Bertz CT molecular complexity index is 519. The Hall–Kier alpha value is -1.62. The first-order valence-electron chi connectivity index (χ1n) is 7.50. The summed E-state index contributed by atoms with van der Waals surface area (Å²) in [5, 5.41) is 15.4. The van der Waals surface area contributed by atoms with Gasteiger partial charge in [-0.15, -0.1) is 0 Å². The van der Waals surface area contributed by atoms with Crippen LogP contribution in [0.25, 0.3) is 0 Å². The third kappa shape index (κ3) is 3.35. The van der Waals surface area contributed by atoms with Gasteiger partial charge in [0.25, 0.3) is 0 Å². The fourth-order valence-corrected chi connectivity index (χ4v) is 2.60. The monoisotopic (exact) mass is 294 g/mol. The number of aliphatic hydroxyl groups excluding tert-OH is 1. The van der Waals surface area contributed by atoms with Gasteiger partial charge >= 0.3 is 0 Å². The quantitative estimate of drug-likeness (QED) is 0.756. The van der Waals surface area contributed by atoms with Crippen LogP contribution in [0.4, 0.5) is 15.8 Å². The van der Waals surface area contributed by atoms with Crippen LogP contribution in [0.2, 0.25) is 0 Å². The molecule has 0 aromatic heterocycles. The van der Waals surface area contributed by atoms with Crippen molar-refractivity contribution in [2.24, 2.45) is 5.41 Å². The summed E-state index contributed by atoms with van der Waals surface area (Å²) in [7, 11) is 0. The standard InChI is InChI=1S/C16H23FN2O2/c1-3-16(4-2,10-20)9-18-14-8-13-11(7-12(14)17)5-6-15(21)19-13/h7-8,18,20H,3-6,9-10H2,1-2H3,(H,19,21). The van der Waals surface area contributed by atoms with E-state index in [2.05, 4.69) is 10.6 Å². The molecule has 0 aliphatic carbocycles. The lowest BCUT2D eigenvalue weighted by Crippen LogP contribution is -2.32. The van der Waals surface area contributed by atoms with Crippen LogP contribution in [0.5, 0.6) is 0 Å². The van der Waals surface area contributed by atoms with Gasteiger partial charge in [-0.2, -0.15) is 0 Å². The van der Waals surface area contributed by atoms with E-state index in [4.69, 9.17) is 0 Å². The number of benzene rings is 1. The number of hydrogen-bond donors (Lipinski definition) is 3. The lowest BCUT2D eigenvalue weighted by molar-refractivity contribution is -0.116. The molecule has 0 fully saturated rings. The maximum absolute atomic E-state index is 14.1. The molecule has 1 aromatic carbocycles. The predicted molar refractivity (Wildman–Crippen MR) is 81.9 cm³/mol. The van der Waals surface area contributed by atoms with Gasteiger partial charge in [-0.1, -0.05) is 13.8 Å². The second-order valence-corrected chi connectivity index (χ2v) is 5.76. The lowest BCUT2D eigenvalue weighted by Gasteiger charge is -2.30. The van der Waals surface area contributed by atoms with E-state index in [0.717, 1.165) is 18.4 Å². The van der Waals surface area contributed by atoms with E-state index in [1.54, 1.807) is 6.07 Å². The first-order chi connectivity index (χ1) is 10.0. The van der Waals surface area contributed by atoms with Crippen molar-refractivity contribution < 1.29 is 14.3 Å². The van der Waals surface area contributed by atoms with E-state index in [9.17, 15) is 14.3 Å². The van der Waals surface area contributed by atoms with Crippen LogP contribution in [0, 0.1) is 11.2 Å². The van der Waals surface area contributed by atoms with Gasteiger partial charge in [0.2, 0.25) is 5.91 Å². The molecule has 3 N–H and O–H groups in total. The van der Waals surface area contributed by atoms with E-state index in [1.165, 1.54) is 6.07 Å². The SMILES string of the molecule is CCC(CC)(CO)CNc1cc2c(cc1F)CCC(=O)N2. The molecule has 21 heavy (non-hydrogen) atoms. The highest BCUT2D eigenvalue weighted by atomic mass is 19.1. The van der Waals surface area contributed by atoms with Crippen molar-refractivity contribution in [3.8, 4) is 0 Å². The van der Waals surface area contributed by atoms with Crippen molar-refractivity contribution in [3.63, 3.8) is 0 Å². The number of carbonyl (C=O) groups excluding carboxylic acids is 1. The number of halogens is 1. The third-order valence-corrected chi connectivity index (χ3v) is 4.58. The summed E-state index contributed by atoms with van der Waals surface area (Å²) in [4.78, 5) is 11.4. The summed E-state index contributed by atoms with van der Waals surface area (Å²) in [5.41, 5.74) is 1.64. The number of rotatable bonds is 6. The molecule has 0 saturated heterocycles. The maximum atomic E-state index is 14.1. The maximum Gasteiger partial charge on any atom is 0.224 e. The Morgan fingerprint density at radius 3 is 2.67 bits per heavy atom. The number of carbonyl (C=O) groups is 1. The van der Waals surface area contributed by atoms with E-state index >= 15 is 0 Å². The van der Waals surface area contributed by atoms with Gasteiger partial charge in [0.05, 0.1) is 12.3 Å². The highest BCUT2D eigenvalue weighted by molar-refractivity contribution is 5.94. The van der Waals surface area contributed by atoms with Gasteiger partial charge in [-0.3, -0.25) is 4.79 Å². The molecule has 4 nitrogen and oxygen atoms in total. The van der Waals surface area contributed by atoms with Crippen LogP contribution in [0.3, 0.4) is 0 Å². The van der Waals surface area contributed by atoms with Crippen LogP contribution >= 0.6 is 0 Å². The number of amides is 1. The Kier molecular flexibility index (Phi) is 4.83. The molecule has 5 heteroatoms. The van der Waals surface area contributed by atoms with Crippen molar-refractivity contribution in [2.45, 2.75) is 39.5 Å². The van der Waals surface area contributed by atoms with Crippen LogP contribution < -0.4 is 10.6 Å². The van der Waals surface area contributed by atoms with Crippen LogP contribution in [-0.4, -0.2) is 24.2 Å². The van der Waals surface area contributed by atoms with Gasteiger partial charge in [0.1, 0.15) is 5.82 Å². The Balaban J connectivity index is 2.17. The summed E-state index contributed by atoms with van der Waals surface area (Å²) in [6.45, 7) is 4.60. The number of hydrogen-bond acceptors (Lipinski definition) is 3. The highest BCUT2D eigenvalue weighted by Gasteiger charge is 2.26. The highest BCUT2D eigenvalue weighted by Crippen LogP contribution is 2.31. The Labute approximate surface area is 124 Å². The molecule has 0 saturated carbocycles. The van der Waals surface area contributed by atoms with E-state index in [0.29, 0.717) is 30.8 Å². The summed E-state index contributed by atoms with van der Waals surface area (Å²) in [5.74, 6) is -0.351. The van der Waals surface area contributed by atoms with Crippen molar-refractivity contribution in [2.75, 3.05) is 23.8 Å². The summed E-state index contributed by atoms with van der Waals surface area (Å²) in [6.07, 6.45) is 2.61. The average Bonchev–Trinajstić information content (AvgIpc) is 2.50. The normalized spacial score (nSPS) is 14.6. The molecule has 1 aromatic rings. The Morgan fingerprint density at radius 2 is 2.05 bits per heavy atom. The van der Waals surface area contributed by atoms with Crippen LogP contribution in [-0.2, 0) is 11.2 Å². The zero-order valence-corrected chi connectivity index (χ0v) is 12.6. The molecule has 0 atom stereocenters. The zero-order chi connectivity index (χ0) is 15.5. The van der Waals surface area contributed by atoms with Crippen molar-refractivity contribution >= 4 is 17.3 Å². The fourth-order valence-electron chi connectivity index (χ4n) is 2.60. The van der Waals surface area contributed by atoms with Gasteiger partial charge in [-0.25, -0.2) is 4.39 Å². The molecule has 1 heterocycles. The third-order valence-electron chi connectivity index (χ3n) is 4.58. The molecule has 1 aliphatic rings. The van der Waals surface area contributed by atoms with Crippen molar-refractivity contribution in [1.29, 1.82) is 0 Å². The number of fused-ring (bicyclic) bond motifs is 1. The van der Waals surface area contributed by atoms with E-state index < -0.39 is 0 Å². The molecule has 1 amide bonds. The first-order valence-corrected chi connectivity index (χ1v) is 7.50. The van der Waals surface area contributed by atoms with Gasteiger partial charge in [-0.05, 0) is 37.0 Å². The molecule has 2 rings (SSSR count). The largest absolute Gasteiger partial charge is 0.396 e. The predicted octanol–water partition coefficient (Wildman–Crippen LogP) is 2.92. The summed E-state index contributed by atoms with van der Waals surface area (Å²) >= 11 is 0. The van der Waals surface area contributed by atoms with Crippen LogP contribution in [0.1, 0.15) is 38.7 Å². The first kappa shape index (κ1) is 15.8. The second-order valence-electron chi connectivity index (χ2n) is 5.76.